The summed E-state index contributed by atoms with van der Waals surface area (Å²) in [5.41, 5.74) is 4.60. The first kappa shape index (κ1) is 16.4. The molecule has 1 atom stereocenters. The number of amides is 1. The molecule has 1 fully saturated rings. The van der Waals surface area contributed by atoms with Crippen molar-refractivity contribution >= 4 is 18.5 Å². The monoisotopic (exact) mass is 272 g/mol. The number of alkyl halides is 2. The first-order valence-corrected chi connectivity index (χ1v) is 5.23. The molecule has 0 aromatic rings. The molecule has 1 saturated heterocycles. The topological polar surface area (TPSA) is 55.6 Å². The molecule has 1 aliphatic heterocycles. The number of nitrogens with two attached hydrogens (primary N) is 1. The van der Waals surface area contributed by atoms with Crippen LogP contribution in [-0.2, 0) is 4.74 Å². The average Bonchev–Trinajstić information content (AvgIpc) is 2.06. The number of hydrogen-bond donors (Lipinski definition) is 1. The van der Waals surface area contributed by atoms with Crippen molar-refractivity contribution in [2.75, 3.05) is 13.1 Å². The van der Waals surface area contributed by atoms with E-state index in [0.717, 1.165) is 4.90 Å². The first-order valence-electron chi connectivity index (χ1n) is 5.23. The smallest absolute Gasteiger partial charge is 0.410 e. The Morgan fingerprint density at radius 3 is 2.41 bits per heavy atom. The summed E-state index contributed by atoms with van der Waals surface area (Å²) in [6.45, 7) is 4.63. The van der Waals surface area contributed by atoms with E-state index in [1.807, 2.05) is 0 Å². The lowest BCUT2D eigenvalue weighted by molar-refractivity contribution is -0.0820. The van der Waals surface area contributed by atoms with E-state index in [1.165, 1.54) is 0 Å². The van der Waals surface area contributed by atoms with Crippen molar-refractivity contribution in [3.05, 3.63) is 0 Å². The van der Waals surface area contributed by atoms with Gasteiger partial charge in [0.05, 0.1) is 12.6 Å². The van der Waals surface area contributed by atoms with Gasteiger partial charge in [-0.1, -0.05) is 0 Å². The summed E-state index contributed by atoms with van der Waals surface area (Å²) >= 11 is 0. The van der Waals surface area contributed by atoms with Crippen molar-refractivity contribution in [2.45, 2.75) is 44.8 Å². The van der Waals surface area contributed by atoms with Crippen LogP contribution in [0.1, 0.15) is 27.2 Å². The number of likely N-dealkylation sites (tertiary alicyclic amines) is 1. The average molecular weight is 273 g/mol. The van der Waals surface area contributed by atoms with Crippen LogP contribution >= 0.6 is 12.4 Å². The standard InChI is InChI=1S/C10H18F2N2O2.ClH/c1-9(2,3)16-8(15)14-5-4-7(13)10(11,12)6-14;/h7H,4-6,13H2,1-3H3;1H/t7-;/m1./s1. The Bertz CT molecular complexity index is 282. The zero-order valence-electron chi connectivity index (χ0n) is 10.2. The minimum atomic E-state index is -3.03. The molecule has 17 heavy (non-hydrogen) atoms. The number of ether oxygens (including phenoxy) is 1. The van der Waals surface area contributed by atoms with Gasteiger partial charge >= 0.3 is 6.09 Å². The molecule has 0 bridgehead atoms. The highest BCUT2D eigenvalue weighted by molar-refractivity contribution is 5.85. The van der Waals surface area contributed by atoms with Gasteiger partial charge in [-0.25, -0.2) is 13.6 Å². The molecular weight excluding hydrogens is 254 g/mol. The lowest BCUT2D eigenvalue weighted by atomic mass is 10.0. The van der Waals surface area contributed by atoms with Gasteiger partial charge in [0.25, 0.3) is 5.92 Å². The number of halogens is 3. The van der Waals surface area contributed by atoms with Crippen LogP contribution in [0, 0.1) is 0 Å². The quantitative estimate of drug-likeness (QED) is 0.734. The van der Waals surface area contributed by atoms with Crippen LogP contribution in [0.3, 0.4) is 0 Å². The Hall–Kier alpha value is -0.620. The first-order chi connectivity index (χ1) is 7.12. The van der Waals surface area contributed by atoms with Crippen LogP contribution in [0.25, 0.3) is 0 Å². The van der Waals surface area contributed by atoms with E-state index in [2.05, 4.69) is 0 Å². The number of piperidine rings is 1. The van der Waals surface area contributed by atoms with Crippen molar-refractivity contribution < 1.29 is 18.3 Å². The molecule has 2 N–H and O–H groups in total. The number of hydrogen-bond acceptors (Lipinski definition) is 3. The normalized spacial score (nSPS) is 23.9. The SMILES string of the molecule is CC(C)(C)OC(=O)N1CC[C@@H](N)C(F)(F)C1.Cl. The largest absolute Gasteiger partial charge is 0.444 e. The van der Waals surface area contributed by atoms with Crippen LogP contribution in [0.2, 0.25) is 0 Å². The Morgan fingerprint density at radius 2 is 2.00 bits per heavy atom. The molecule has 0 aromatic heterocycles. The number of nitrogens with zero attached hydrogens (tertiary/aromatic N) is 1. The van der Waals surface area contributed by atoms with Gasteiger partial charge in [0.2, 0.25) is 0 Å². The van der Waals surface area contributed by atoms with E-state index in [9.17, 15) is 13.6 Å². The summed E-state index contributed by atoms with van der Waals surface area (Å²) < 4.78 is 31.6. The summed E-state index contributed by atoms with van der Waals surface area (Å²) in [7, 11) is 0. The molecule has 1 heterocycles. The van der Waals surface area contributed by atoms with Gasteiger partial charge in [-0.05, 0) is 27.2 Å². The molecule has 0 unspecified atom stereocenters. The van der Waals surface area contributed by atoms with E-state index >= 15 is 0 Å². The summed E-state index contributed by atoms with van der Waals surface area (Å²) in [4.78, 5) is 12.5. The summed E-state index contributed by atoms with van der Waals surface area (Å²) in [6.07, 6.45) is -0.620. The van der Waals surface area contributed by atoms with E-state index in [1.54, 1.807) is 20.8 Å². The molecule has 1 rings (SSSR count). The summed E-state index contributed by atoms with van der Waals surface area (Å²) in [5, 5.41) is 0. The molecule has 7 heteroatoms. The highest BCUT2D eigenvalue weighted by atomic mass is 35.5. The fourth-order valence-electron chi connectivity index (χ4n) is 1.44. The number of rotatable bonds is 0. The van der Waals surface area contributed by atoms with Gasteiger partial charge in [-0.3, -0.25) is 0 Å². The lowest BCUT2D eigenvalue weighted by Gasteiger charge is -2.37. The van der Waals surface area contributed by atoms with Gasteiger partial charge in [-0.2, -0.15) is 0 Å². The van der Waals surface area contributed by atoms with Crippen LogP contribution < -0.4 is 5.73 Å². The zero-order chi connectivity index (χ0) is 12.6. The Balaban J connectivity index is 0.00000256. The second-order valence-electron chi connectivity index (χ2n) is 5.06. The van der Waals surface area contributed by atoms with Crippen molar-refractivity contribution in [3.8, 4) is 0 Å². The minimum Gasteiger partial charge on any atom is -0.444 e. The molecule has 4 nitrogen and oxygen atoms in total. The molecule has 0 spiro atoms. The molecule has 1 aliphatic rings. The second-order valence-corrected chi connectivity index (χ2v) is 5.06. The highest BCUT2D eigenvalue weighted by Gasteiger charge is 2.44. The Labute approximate surface area is 106 Å². The lowest BCUT2D eigenvalue weighted by Crippen LogP contribution is -2.57. The molecule has 0 aliphatic carbocycles. The van der Waals surface area contributed by atoms with Gasteiger partial charge < -0.3 is 15.4 Å². The Kier molecular flexibility index (Phi) is 5.16. The van der Waals surface area contributed by atoms with E-state index in [0.29, 0.717) is 0 Å². The van der Waals surface area contributed by atoms with Gasteiger partial charge in [0.15, 0.2) is 0 Å². The van der Waals surface area contributed by atoms with Gasteiger partial charge in [0, 0.05) is 6.54 Å². The van der Waals surface area contributed by atoms with Crippen molar-refractivity contribution in [1.29, 1.82) is 0 Å². The molecule has 0 saturated carbocycles. The molecule has 0 radical (unpaired) electrons. The second kappa shape index (κ2) is 5.35. The van der Waals surface area contributed by atoms with Gasteiger partial charge in [-0.15, -0.1) is 12.4 Å². The maximum Gasteiger partial charge on any atom is 0.410 e. The van der Waals surface area contributed by atoms with Crippen LogP contribution in [0.5, 0.6) is 0 Å². The third kappa shape index (κ3) is 4.63. The number of carbonyl (C=O) groups excluding carboxylic acids is 1. The maximum absolute atomic E-state index is 13.3. The molecule has 102 valence electrons. The van der Waals surface area contributed by atoms with Gasteiger partial charge in [0.1, 0.15) is 5.60 Å². The van der Waals surface area contributed by atoms with E-state index < -0.39 is 30.2 Å². The maximum atomic E-state index is 13.3. The van der Waals surface area contributed by atoms with Crippen LogP contribution in [-0.4, -0.2) is 41.6 Å². The third-order valence-electron chi connectivity index (χ3n) is 2.31. The summed E-state index contributed by atoms with van der Waals surface area (Å²) in [6, 6.07) is -1.17. The van der Waals surface area contributed by atoms with Crippen molar-refractivity contribution in [2.24, 2.45) is 5.73 Å². The summed E-state index contributed by atoms with van der Waals surface area (Å²) in [5.74, 6) is -3.03. The fraction of sp³-hybridized carbons (Fsp3) is 0.900. The van der Waals surface area contributed by atoms with E-state index in [-0.39, 0.29) is 25.4 Å². The molecule has 0 aromatic carbocycles. The highest BCUT2D eigenvalue weighted by Crippen LogP contribution is 2.26. The molecule has 1 amide bonds. The predicted octanol–water partition coefficient (Wildman–Crippen LogP) is 2.01. The molecular formula is C10H19ClF2N2O2. The predicted molar refractivity (Wildman–Crippen MR) is 62.6 cm³/mol. The fourth-order valence-corrected chi connectivity index (χ4v) is 1.44. The Morgan fingerprint density at radius 1 is 1.47 bits per heavy atom. The zero-order valence-corrected chi connectivity index (χ0v) is 11.0. The minimum absolute atomic E-state index is 0. The third-order valence-corrected chi connectivity index (χ3v) is 2.31. The van der Waals surface area contributed by atoms with Crippen LogP contribution in [0.15, 0.2) is 0 Å². The number of carbonyl (C=O) groups is 1. The van der Waals surface area contributed by atoms with Crippen LogP contribution in [0.4, 0.5) is 13.6 Å². The van der Waals surface area contributed by atoms with Crippen molar-refractivity contribution in [1.82, 2.24) is 4.90 Å². The van der Waals surface area contributed by atoms with E-state index in [4.69, 9.17) is 10.5 Å². The van der Waals surface area contributed by atoms with Crippen molar-refractivity contribution in [3.63, 3.8) is 0 Å².